The van der Waals surface area contributed by atoms with E-state index in [1.807, 2.05) is 7.05 Å². The number of hydrogen-bond acceptors (Lipinski definition) is 4. The number of likely N-dealkylation sites (tertiary alicyclic amines) is 2. The van der Waals surface area contributed by atoms with E-state index in [4.69, 9.17) is 11.6 Å². The van der Waals surface area contributed by atoms with Crippen molar-refractivity contribution in [3.63, 3.8) is 0 Å². The zero-order valence-electron chi connectivity index (χ0n) is 15.0. The van der Waals surface area contributed by atoms with Crippen molar-refractivity contribution in [1.29, 1.82) is 0 Å². The van der Waals surface area contributed by atoms with Crippen LogP contribution in [-0.2, 0) is 10.0 Å². The van der Waals surface area contributed by atoms with Gasteiger partial charge in [-0.15, -0.1) is 0 Å². The van der Waals surface area contributed by atoms with Crippen LogP contribution in [0, 0.1) is 0 Å². The molecule has 144 valence electrons. The molecule has 1 aromatic rings. The molecule has 0 aliphatic carbocycles. The topological polar surface area (TPSA) is 69.7 Å². The van der Waals surface area contributed by atoms with Gasteiger partial charge in [0.2, 0.25) is 10.0 Å². The standard InChI is InChI=1S/C18H26ClN3O3S/c1-21-10-7-16(8-11-21)20-26(24,25)17-6-3-9-22(13-17)18(23)14-4-2-5-15(19)12-14/h2,4-5,12,16-17,20H,3,6-11,13H2,1H3/t17-/m0/s1. The quantitative estimate of drug-likeness (QED) is 0.840. The van der Waals surface area contributed by atoms with Crippen LogP contribution in [0.5, 0.6) is 0 Å². The molecule has 0 spiro atoms. The first kappa shape index (κ1) is 19.6. The monoisotopic (exact) mass is 399 g/mol. The Kier molecular flexibility index (Phi) is 6.22. The van der Waals surface area contributed by atoms with Crippen LogP contribution in [-0.4, -0.2) is 68.6 Å². The predicted molar refractivity (Wildman–Crippen MR) is 103 cm³/mol. The molecule has 0 unspecified atom stereocenters. The molecule has 26 heavy (non-hydrogen) atoms. The maximum Gasteiger partial charge on any atom is 0.253 e. The first-order valence-corrected chi connectivity index (χ1v) is 11.0. The van der Waals surface area contributed by atoms with Crippen molar-refractivity contribution < 1.29 is 13.2 Å². The predicted octanol–water partition coefficient (Wildman–Crippen LogP) is 1.96. The first-order valence-electron chi connectivity index (χ1n) is 9.10. The molecule has 0 radical (unpaired) electrons. The zero-order valence-corrected chi connectivity index (χ0v) is 16.6. The molecule has 2 heterocycles. The highest BCUT2D eigenvalue weighted by atomic mass is 35.5. The first-order chi connectivity index (χ1) is 12.3. The molecule has 1 aromatic carbocycles. The summed E-state index contributed by atoms with van der Waals surface area (Å²) in [6, 6.07) is 6.78. The lowest BCUT2D eigenvalue weighted by atomic mass is 10.1. The second-order valence-corrected chi connectivity index (χ2v) is 9.69. The molecule has 2 aliphatic rings. The Labute approximate surface area is 160 Å². The van der Waals surface area contributed by atoms with Gasteiger partial charge in [-0.05, 0) is 64.0 Å². The maximum absolute atomic E-state index is 12.8. The lowest BCUT2D eigenvalue weighted by Crippen LogP contribution is -2.51. The Morgan fingerprint density at radius 3 is 2.62 bits per heavy atom. The highest BCUT2D eigenvalue weighted by Gasteiger charge is 2.34. The Morgan fingerprint density at radius 1 is 1.19 bits per heavy atom. The molecule has 1 amide bonds. The van der Waals surface area contributed by atoms with Crippen molar-refractivity contribution in [1.82, 2.24) is 14.5 Å². The second kappa shape index (κ2) is 8.25. The third-order valence-corrected chi connectivity index (χ3v) is 7.38. The van der Waals surface area contributed by atoms with Crippen LogP contribution >= 0.6 is 11.6 Å². The van der Waals surface area contributed by atoms with Crippen molar-refractivity contribution >= 4 is 27.5 Å². The Morgan fingerprint density at radius 2 is 1.92 bits per heavy atom. The smallest absolute Gasteiger partial charge is 0.253 e. The number of amides is 1. The van der Waals surface area contributed by atoms with E-state index < -0.39 is 15.3 Å². The fraction of sp³-hybridized carbons (Fsp3) is 0.611. The molecule has 1 N–H and O–H groups in total. The van der Waals surface area contributed by atoms with Crippen LogP contribution in [0.15, 0.2) is 24.3 Å². The number of carbonyl (C=O) groups excluding carboxylic acids is 1. The van der Waals surface area contributed by atoms with Gasteiger partial charge in [0, 0.05) is 29.7 Å². The number of carbonyl (C=O) groups is 1. The van der Waals surface area contributed by atoms with Gasteiger partial charge in [0.15, 0.2) is 0 Å². The Balaban J connectivity index is 1.64. The van der Waals surface area contributed by atoms with Crippen LogP contribution < -0.4 is 4.72 Å². The number of sulfonamides is 1. The van der Waals surface area contributed by atoms with Gasteiger partial charge < -0.3 is 9.80 Å². The van der Waals surface area contributed by atoms with E-state index in [0.717, 1.165) is 25.9 Å². The summed E-state index contributed by atoms with van der Waals surface area (Å²) in [6.07, 6.45) is 2.92. The van der Waals surface area contributed by atoms with Crippen molar-refractivity contribution in [2.45, 2.75) is 37.0 Å². The van der Waals surface area contributed by atoms with Crippen LogP contribution in [0.1, 0.15) is 36.0 Å². The normalized spacial score (nSPS) is 23.2. The number of piperidine rings is 2. The highest BCUT2D eigenvalue weighted by Crippen LogP contribution is 2.21. The molecule has 3 rings (SSSR count). The van der Waals surface area contributed by atoms with E-state index in [1.165, 1.54) is 0 Å². The number of halogens is 1. The fourth-order valence-corrected chi connectivity index (χ4v) is 5.57. The largest absolute Gasteiger partial charge is 0.337 e. The summed E-state index contributed by atoms with van der Waals surface area (Å²) in [5.74, 6) is -0.160. The summed E-state index contributed by atoms with van der Waals surface area (Å²) >= 11 is 5.97. The number of benzene rings is 1. The summed E-state index contributed by atoms with van der Waals surface area (Å²) in [5.41, 5.74) is 0.499. The minimum atomic E-state index is -3.45. The van der Waals surface area contributed by atoms with Gasteiger partial charge in [0.05, 0.1) is 5.25 Å². The molecule has 8 heteroatoms. The van der Waals surface area contributed by atoms with Gasteiger partial charge in [-0.3, -0.25) is 4.79 Å². The molecule has 1 atom stereocenters. The van der Waals surface area contributed by atoms with E-state index in [0.29, 0.717) is 30.0 Å². The van der Waals surface area contributed by atoms with Gasteiger partial charge in [0.25, 0.3) is 5.91 Å². The summed E-state index contributed by atoms with van der Waals surface area (Å²) in [4.78, 5) is 16.5. The van der Waals surface area contributed by atoms with Crippen molar-refractivity contribution in [3.8, 4) is 0 Å². The second-order valence-electron chi connectivity index (χ2n) is 7.27. The molecule has 0 bridgehead atoms. The number of nitrogens with zero attached hydrogens (tertiary/aromatic N) is 2. The van der Waals surface area contributed by atoms with Crippen LogP contribution in [0.25, 0.3) is 0 Å². The van der Waals surface area contributed by atoms with Crippen molar-refractivity contribution in [3.05, 3.63) is 34.9 Å². The van der Waals surface area contributed by atoms with Crippen molar-refractivity contribution in [2.24, 2.45) is 0 Å². The Hall–Kier alpha value is -1.15. The van der Waals surface area contributed by atoms with Crippen LogP contribution in [0.4, 0.5) is 0 Å². The van der Waals surface area contributed by atoms with Crippen LogP contribution in [0.2, 0.25) is 5.02 Å². The molecule has 2 fully saturated rings. The zero-order chi connectivity index (χ0) is 18.7. The highest BCUT2D eigenvalue weighted by molar-refractivity contribution is 7.90. The summed E-state index contributed by atoms with van der Waals surface area (Å²) in [7, 11) is -1.40. The number of rotatable bonds is 4. The van der Waals surface area contributed by atoms with E-state index in [2.05, 4.69) is 9.62 Å². The third-order valence-electron chi connectivity index (χ3n) is 5.23. The molecular weight excluding hydrogens is 374 g/mol. The minimum Gasteiger partial charge on any atom is -0.337 e. The minimum absolute atomic E-state index is 0.00444. The van der Waals surface area contributed by atoms with E-state index >= 15 is 0 Å². The molecule has 0 saturated carbocycles. The summed E-state index contributed by atoms with van der Waals surface area (Å²) in [6.45, 7) is 2.60. The van der Waals surface area contributed by atoms with Crippen molar-refractivity contribution in [2.75, 3.05) is 33.2 Å². The number of nitrogens with one attached hydrogen (secondary N) is 1. The molecule has 0 aromatic heterocycles. The molecule has 2 saturated heterocycles. The molecular formula is C18H26ClN3O3S. The summed E-state index contributed by atoms with van der Waals surface area (Å²) in [5, 5.41) is -0.0556. The number of hydrogen-bond donors (Lipinski definition) is 1. The van der Waals surface area contributed by atoms with Gasteiger partial charge >= 0.3 is 0 Å². The SMILES string of the molecule is CN1CCC(NS(=O)(=O)[C@H]2CCCN(C(=O)c3cccc(Cl)c3)C2)CC1. The van der Waals surface area contributed by atoms with Gasteiger partial charge in [-0.2, -0.15) is 0 Å². The third kappa shape index (κ3) is 4.76. The van der Waals surface area contributed by atoms with Gasteiger partial charge in [-0.1, -0.05) is 17.7 Å². The van der Waals surface area contributed by atoms with Gasteiger partial charge in [0.1, 0.15) is 0 Å². The lowest BCUT2D eigenvalue weighted by Gasteiger charge is -2.35. The molecule has 6 nitrogen and oxygen atoms in total. The average molecular weight is 400 g/mol. The maximum atomic E-state index is 12.8. The molecule has 2 aliphatic heterocycles. The van der Waals surface area contributed by atoms with Crippen LogP contribution in [0.3, 0.4) is 0 Å². The van der Waals surface area contributed by atoms with E-state index in [-0.39, 0.29) is 18.5 Å². The summed E-state index contributed by atoms with van der Waals surface area (Å²) < 4.78 is 28.5. The van der Waals surface area contributed by atoms with E-state index in [1.54, 1.807) is 29.2 Å². The van der Waals surface area contributed by atoms with E-state index in [9.17, 15) is 13.2 Å². The Bertz CT molecular complexity index is 748. The van der Waals surface area contributed by atoms with Gasteiger partial charge in [-0.25, -0.2) is 13.1 Å². The lowest BCUT2D eigenvalue weighted by molar-refractivity contribution is 0.0726. The average Bonchev–Trinajstić information content (AvgIpc) is 2.63. The fourth-order valence-electron chi connectivity index (χ4n) is 3.63.